The van der Waals surface area contributed by atoms with Crippen LogP contribution in [0, 0.1) is 0 Å². The molecule has 24 heavy (non-hydrogen) atoms. The van der Waals surface area contributed by atoms with Crippen molar-refractivity contribution in [3.63, 3.8) is 0 Å². The number of carbonyl (C=O) groups is 2. The molecule has 1 unspecified atom stereocenters. The number of nitrogens with one attached hydrogen (secondary N) is 1. The molecule has 8 heteroatoms. The van der Waals surface area contributed by atoms with E-state index in [2.05, 4.69) is 5.32 Å². The quantitative estimate of drug-likeness (QED) is 0.745. The van der Waals surface area contributed by atoms with E-state index in [0.717, 1.165) is 17.9 Å². The first-order valence-electron chi connectivity index (χ1n) is 8.03. The Bertz CT molecular complexity index is 721. The van der Waals surface area contributed by atoms with Gasteiger partial charge in [0, 0.05) is 26.2 Å². The number of hydrogen-bond donors (Lipinski definition) is 1. The number of sulfonamides is 1. The number of likely N-dealkylation sites (N-methyl/N-ethyl adjacent to an activating group) is 1. The van der Waals surface area contributed by atoms with Crippen molar-refractivity contribution < 1.29 is 18.0 Å². The van der Waals surface area contributed by atoms with Gasteiger partial charge in [-0.2, -0.15) is 0 Å². The lowest BCUT2D eigenvalue weighted by molar-refractivity contribution is 0.0654. The summed E-state index contributed by atoms with van der Waals surface area (Å²) in [5.41, 5.74) is 0.777. The molecule has 1 fully saturated rings. The number of benzene rings is 1. The third kappa shape index (κ3) is 3.09. The molecule has 3 rings (SSSR count). The van der Waals surface area contributed by atoms with Gasteiger partial charge in [0.15, 0.2) is 0 Å². The third-order valence-corrected chi connectivity index (χ3v) is 6.63. The Morgan fingerprint density at radius 1 is 1.21 bits per heavy atom. The summed E-state index contributed by atoms with van der Waals surface area (Å²) in [6, 6.07) is 6.64. The van der Waals surface area contributed by atoms with E-state index in [9.17, 15) is 18.0 Å². The number of fused-ring (bicyclic) bond motifs is 1. The second kappa shape index (κ2) is 6.62. The normalized spacial score (nSPS) is 20.9. The highest BCUT2D eigenvalue weighted by atomic mass is 32.2. The van der Waals surface area contributed by atoms with Crippen molar-refractivity contribution in [2.75, 3.05) is 32.4 Å². The summed E-state index contributed by atoms with van der Waals surface area (Å²) in [4.78, 5) is 25.6. The maximum atomic E-state index is 12.4. The molecule has 2 heterocycles. The number of amides is 2. The topological polar surface area (TPSA) is 86.8 Å². The van der Waals surface area contributed by atoms with Crippen LogP contribution in [-0.4, -0.2) is 67.9 Å². The van der Waals surface area contributed by atoms with Gasteiger partial charge in [-0.25, -0.2) is 12.7 Å². The van der Waals surface area contributed by atoms with Crippen LogP contribution in [0.2, 0.25) is 0 Å². The fourth-order valence-corrected chi connectivity index (χ4v) is 4.58. The van der Waals surface area contributed by atoms with E-state index in [-0.39, 0.29) is 36.6 Å². The summed E-state index contributed by atoms with van der Waals surface area (Å²) in [6.45, 7) is 1.59. The first-order chi connectivity index (χ1) is 11.4. The van der Waals surface area contributed by atoms with E-state index >= 15 is 0 Å². The number of rotatable bonds is 6. The maximum absolute atomic E-state index is 12.4. The summed E-state index contributed by atoms with van der Waals surface area (Å²) in [5.74, 6) is -0.768. The second-order valence-electron chi connectivity index (χ2n) is 6.14. The predicted molar refractivity (Wildman–Crippen MR) is 89.3 cm³/mol. The lowest BCUT2D eigenvalue weighted by Crippen LogP contribution is -2.40. The monoisotopic (exact) mass is 351 g/mol. The SMILES string of the molecule is CN(C1CCNC1)S(=O)(=O)CCCN1C(=O)c2ccccc2C1=O. The van der Waals surface area contributed by atoms with Gasteiger partial charge in [0.2, 0.25) is 10.0 Å². The first kappa shape index (κ1) is 17.1. The van der Waals surface area contributed by atoms with E-state index in [1.54, 1.807) is 31.3 Å². The van der Waals surface area contributed by atoms with Crippen LogP contribution < -0.4 is 5.32 Å². The second-order valence-corrected chi connectivity index (χ2v) is 8.29. The molecule has 0 aromatic heterocycles. The van der Waals surface area contributed by atoms with Gasteiger partial charge in [0.05, 0.1) is 16.9 Å². The van der Waals surface area contributed by atoms with Gasteiger partial charge >= 0.3 is 0 Å². The Morgan fingerprint density at radius 2 is 1.83 bits per heavy atom. The van der Waals surface area contributed by atoms with Crippen molar-refractivity contribution in [1.82, 2.24) is 14.5 Å². The molecule has 2 amide bonds. The van der Waals surface area contributed by atoms with E-state index in [1.165, 1.54) is 4.31 Å². The molecular weight excluding hydrogens is 330 g/mol. The summed E-state index contributed by atoms with van der Waals surface area (Å²) >= 11 is 0. The minimum absolute atomic E-state index is 0.0192. The minimum Gasteiger partial charge on any atom is -0.315 e. The zero-order valence-corrected chi connectivity index (χ0v) is 14.4. The average molecular weight is 351 g/mol. The molecule has 1 saturated heterocycles. The highest BCUT2D eigenvalue weighted by Crippen LogP contribution is 2.22. The molecule has 0 radical (unpaired) electrons. The number of hydrogen-bond acceptors (Lipinski definition) is 5. The fourth-order valence-electron chi connectivity index (χ4n) is 3.17. The minimum atomic E-state index is -3.39. The Labute approximate surface area is 141 Å². The van der Waals surface area contributed by atoms with E-state index < -0.39 is 10.0 Å². The fraction of sp³-hybridized carbons (Fsp3) is 0.500. The van der Waals surface area contributed by atoms with Gasteiger partial charge in [0.25, 0.3) is 11.8 Å². The molecule has 2 aliphatic heterocycles. The zero-order chi connectivity index (χ0) is 17.3. The molecule has 130 valence electrons. The van der Waals surface area contributed by atoms with Crippen molar-refractivity contribution >= 4 is 21.8 Å². The van der Waals surface area contributed by atoms with Crippen LogP contribution >= 0.6 is 0 Å². The lowest BCUT2D eigenvalue weighted by Gasteiger charge is -2.23. The van der Waals surface area contributed by atoms with Gasteiger partial charge in [-0.05, 0) is 31.5 Å². The molecule has 7 nitrogen and oxygen atoms in total. The predicted octanol–water partition coefficient (Wildman–Crippen LogP) is 0.296. The summed E-state index contributed by atoms with van der Waals surface area (Å²) < 4.78 is 26.2. The summed E-state index contributed by atoms with van der Waals surface area (Å²) in [6.07, 6.45) is 1.03. The molecule has 0 spiro atoms. The van der Waals surface area contributed by atoms with Crippen molar-refractivity contribution in [2.45, 2.75) is 18.9 Å². The van der Waals surface area contributed by atoms with Crippen molar-refractivity contribution in [3.8, 4) is 0 Å². The molecule has 1 N–H and O–H groups in total. The van der Waals surface area contributed by atoms with Crippen LogP contribution in [0.25, 0.3) is 0 Å². The van der Waals surface area contributed by atoms with Crippen molar-refractivity contribution in [3.05, 3.63) is 35.4 Å². The molecule has 2 aliphatic rings. The van der Waals surface area contributed by atoms with Crippen LogP contribution in [0.1, 0.15) is 33.6 Å². The Morgan fingerprint density at radius 3 is 2.38 bits per heavy atom. The highest BCUT2D eigenvalue weighted by molar-refractivity contribution is 7.89. The smallest absolute Gasteiger partial charge is 0.261 e. The summed E-state index contributed by atoms with van der Waals surface area (Å²) in [5, 5.41) is 3.14. The van der Waals surface area contributed by atoms with Gasteiger partial charge < -0.3 is 5.32 Å². The van der Waals surface area contributed by atoms with Crippen molar-refractivity contribution in [2.24, 2.45) is 0 Å². The van der Waals surface area contributed by atoms with Crippen LogP contribution in [-0.2, 0) is 10.0 Å². The molecule has 1 aromatic rings. The number of carbonyl (C=O) groups excluding carboxylic acids is 2. The lowest BCUT2D eigenvalue weighted by atomic mass is 10.1. The zero-order valence-electron chi connectivity index (χ0n) is 13.6. The molecule has 0 saturated carbocycles. The summed E-state index contributed by atoms with van der Waals surface area (Å²) in [7, 11) is -1.80. The van der Waals surface area contributed by atoms with E-state index in [0.29, 0.717) is 17.7 Å². The highest BCUT2D eigenvalue weighted by Gasteiger charge is 2.35. The Hall–Kier alpha value is -1.77. The molecule has 0 aliphatic carbocycles. The first-order valence-corrected chi connectivity index (χ1v) is 9.64. The van der Waals surface area contributed by atoms with E-state index in [1.807, 2.05) is 0 Å². The van der Waals surface area contributed by atoms with Crippen LogP contribution in [0.3, 0.4) is 0 Å². The van der Waals surface area contributed by atoms with Gasteiger partial charge in [-0.15, -0.1) is 0 Å². The maximum Gasteiger partial charge on any atom is 0.261 e. The molecule has 1 atom stereocenters. The Kier molecular flexibility index (Phi) is 4.71. The van der Waals surface area contributed by atoms with Crippen molar-refractivity contribution in [1.29, 1.82) is 0 Å². The largest absolute Gasteiger partial charge is 0.315 e. The molecular formula is C16H21N3O4S. The Balaban J connectivity index is 1.59. The van der Waals surface area contributed by atoms with Crippen LogP contribution in [0.4, 0.5) is 0 Å². The number of imide groups is 1. The van der Waals surface area contributed by atoms with Gasteiger partial charge in [-0.3, -0.25) is 14.5 Å². The standard InChI is InChI=1S/C16H21N3O4S/c1-18(12-7-8-17-11-12)24(22,23)10-4-9-19-15(20)13-5-2-3-6-14(13)16(19)21/h2-3,5-6,12,17H,4,7-11H2,1H3. The van der Waals surface area contributed by atoms with Crippen LogP contribution in [0.15, 0.2) is 24.3 Å². The van der Waals surface area contributed by atoms with Gasteiger partial charge in [-0.1, -0.05) is 12.1 Å². The molecule has 1 aromatic carbocycles. The third-order valence-electron chi connectivity index (χ3n) is 4.65. The molecule has 0 bridgehead atoms. The van der Waals surface area contributed by atoms with Gasteiger partial charge in [0.1, 0.15) is 0 Å². The average Bonchev–Trinajstić information content (AvgIpc) is 3.18. The van der Waals surface area contributed by atoms with E-state index in [4.69, 9.17) is 0 Å². The van der Waals surface area contributed by atoms with Crippen LogP contribution in [0.5, 0.6) is 0 Å². The number of nitrogens with zero attached hydrogens (tertiary/aromatic N) is 2.